The highest BCUT2D eigenvalue weighted by molar-refractivity contribution is 7.99. The number of carbonyl (C=O) groups is 1. The molecule has 0 radical (unpaired) electrons. The third-order valence-electron chi connectivity index (χ3n) is 3.29. The van der Waals surface area contributed by atoms with Crippen LogP contribution in [0.5, 0.6) is 11.5 Å². The number of unbranched alkanes of at least 4 members (excludes halogenated alkanes) is 1. The van der Waals surface area contributed by atoms with Gasteiger partial charge < -0.3 is 13.9 Å². The molecule has 2 aromatic rings. The van der Waals surface area contributed by atoms with Crippen LogP contribution in [0.4, 0.5) is 0 Å². The summed E-state index contributed by atoms with van der Waals surface area (Å²) in [6.07, 6.45) is 4.62. The van der Waals surface area contributed by atoms with E-state index in [-0.39, 0.29) is 0 Å². The van der Waals surface area contributed by atoms with E-state index in [1.807, 2.05) is 0 Å². The molecule has 0 fully saturated rings. The topological polar surface area (TPSA) is 74.5 Å². The van der Waals surface area contributed by atoms with Crippen molar-refractivity contribution < 1.29 is 18.7 Å². The SMILES string of the molecule is CCCCc1nnc(SCCCOc2ccc(C=O)cc2OC)o1. The van der Waals surface area contributed by atoms with Crippen LogP contribution >= 0.6 is 11.8 Å². The van der Waals surface area contributed by atoms with Gasteiger partial charge in [-0.05, 0) is 31.0 Å². The van der Waals surface area contributed by atoms with Gasteiger partial charge in [0.2, 0.25) is 5.89 Å². The lowest BCUT2D eigenvalue weighted by Crippen LogP contribution is -2.01. The zero-order valence-electron chi connectivity index (χ0n) is 14.0. The second-order valence-electron chi connectivity index (χ2n) is 5.14. The molecule has 6 nitrogen and oxygen atoms in total. The van der Waals surface area contributed by atoms with E-state index >= 15 is 0 Å². The molecule has 24 heavy (non-hydrogen) atoms. The van der Waals surface area contributed by atoms with E-state index in [0.29, 0.717) is 34.8 Å². The number of aromatic nitrogens is 2. The molecular weight excluding hydrogens is 328 g/mol. The monoisotopic (exact) mass is 350 g/mol. The van der Waals surface area contributed by atoms with Gasteiger partial charge in [-0.3, -0.25) is 4.79 Å². The summed E-state index contributed by atoms with van der Waals surface area (Å²) in [5, 5.41) is 8.65. The second-order valence-corrected chi connectivity index (χ2v) is 6.19. The van der Waals surface area contributed by atoms with Crippen molar-refractivity contribution in [2.24, 2.45) is 0 Å². The fraction of sp³-hybridized carbons (Fsp3) is 0.471. The fourth-order valence-electron chi connectivity index (χ4n) is 2.00. The van der Waals surface area contributed by atoms with Crippen LogP contribution in [0.2, 0.25) is 0 Å². The largest absolute Gasteiger partial charge is 0.493 e. The molecule has 0 saturated carbocycles. The van der Waals surface area contributed by atoms with Crippen molar-refractivity contribution in [3.63, 3.8) is 0 Å². The molecule has 0 amide bonds. The van der Waals surface area contributed by atoms with Crippen LogP contribution in [0.15, 0.2) is 27.8 Å². The molecule has 1 aromatic carbocycles. The zero-order valence-corrected chi connectivity index (χ0v) is 14.8. The molecule has 1 heterocycles. The first-order chi connectivity index (χ1) is 11.8. The fourth-order valence-corrected chi connectivity index (χ4v) is 2.69. The quantitative estimate of drug-likeness (QED) is 0.347. The first-order valence-corrected chi connectivity index (χ1v) is 8.96. The van der Waals surface area contributed by atoms with Crippen LogP contribution in [-0.4, -0.2) is 36.0 Å². The smallest absolute Gasteiger partial charge is 0.276 e. The van der Waals surface area contributed by atoms with Gasteiger partial charge in [0.25, 0.3) is 5.22 Å². The standard InChI is InChI=1S/C17H22N2O4S/c1-3-4-6-16-18-19-17(23-16)24-10-5-9-22-14-8-7-13(12-20)11-15(14)21-2/h7-8,11-12H,3-6,9-10H2,1-2H3. The Balaban J connectivity index is 1.71. The Morgan fingerprint density at radius 3 is 2.88 bits per heavy atom. The minimum Gasteiger partial charge on any atom is -0.493 e. The summed E-state index contributed by atoms with van der Waals surface area (Å²) in [6.45, 7) is 2.67. The number of aldehydes is 1. The second kappa shape index (κ2) is 9.97. The van der Waals surface area contributed by atoms with Crippen molar-refractivity contribution in [1.82, 2.24) is 10.2 Å². The maximum atomic E-state index is 10.8. The lowest BCUT2D eigenvalue weighted by molar-refractivity contribution is 0.112. The van der Waals surface area contributed by atoms with Gasteiger partial charge in [0.05, 0.1) is 13.7 Å². The number of aryl methyl sites for hydroxylation is 1. The van der Waals surface area contributed by atoms with E-state index in [9.17, 15) is 4.79 Å². The summed E-state index contributed by atoms with van der Waals surface area (Å²) in [5.41, 5.74) is 0.560. The van der Waals surface area contributed by atoms with Crippen LogP contribution in [0.1, 0.15) is 42.4 Å². The van der Waals surface area contributed by atoms with E-state index in [4.69, 9.17) is 13.9 Å². The normalized spacial score (nSPS) is 10.6. The highest BCUT2D eigenvalue weighted by atomic mass is 32.2. The Hall–Kier alpha value is -2.02. The van der Waals surface area contributed by atoms with Crippen LogP contribution in [0.3, 0.4) is 0 Å². The van der Waals surface area contributed by atoms with E-state index in [1.165, 1.54) is 11.8 Å². The van der Waals surface area contributed by atoms with E-state index in [1.54, 1.807) is 25.3 Å². The number of rotatable bonds is 11. The van der Waals surface area contributed by atoms with Crippen LogP contribution in [0, 0.1) is 0 Å². The molecule has 1 aromatic heterocycles. The Bertz CT molecular complexity index is 645. The van der Waals surface area contributed by atoms with Crippen LogP contribution in [-0.2, 0) is 6.42 Å². The number of hydrogen-bond acceptors (Lipinski definition) is 7. The van der Waals surface area contributed by atoms with Crippen molar-refractivity contribution in [1.29, 1.82) is 0 Å². The maximum Gasteiger partial charge on any atom is 0.276 e. The number of hydrogen-bond donors (Lipinski definition) is 0. The van der Waals surface area contributed by atoms with Crippen molar-refractivity contribution in [3.05, 3.63) is 29.7 Å². The average Bonchev–Trinajstić information content (AvgIpc) is 3.07. The zero-order chi connectivity index (χ0) is 17.2. The third-order valence-corrected chi connectivity index (χ3v) is 4.19. The number of methoxy groups -OCH3 is 1. The first-order valence-electron chi connectivity index (χ1n) is 7.98. The van der Waals surface area contributed by atoms with Crippen molar-refractivity contribution in [2.45, 2.75) is 37.8 Å². The molecule has 0 saturated heterocycles. The van der Waals surface area contributed by atoms with E-state index < -0.39 is 0 Å². The minimum absolute atomic E-state index is 0.542. The van der Waals surface area contributed by atoms with Gasteiger partial charge in [-0.15, -0.1) is 10.2 Å². The Kier molecular flexibility index (Phi) is 7.61. The van der Waals surface area contributed by atoms with Gasteiger partial charge in [-0.2, -0.15) is 0 Å². The van der Waals surface area contributed by atoms with Gasteiger partial charge in [-0.1, -0.05) is 25.1 Å². The van der Waals surface area contributed by atoms with E-state index in [0.717, 1.165) is 37.7 Å². The van der Waals surface area contributed by atoms with Crippen molar-refractivity contribution in [2.75, 3.05) is 19.5 Å². The highest BCUT2D eigenvalue weighted by Crippen LogP contribution is 2.28. The molecule has 0 atom stereocenters. The summed E-state index contributed by atoms with van der Waals surface area (Å²) in [4.78, 5) is 10.8. The van der Waals surface area contributed by atoms with Crippen LogP contribution in [0.25, 0.3) is 0 Å². The van der Waals surface area contributed by atoms with Gasteiger partial charge in [0.15, 0.2) is 11.5 Å². The lowest BCUT2D eigenvalue weighted by Gasteiger charge is -2.10. The van der Waals surface area contributed by atoms with Gasteiger partial charge >= 0.3 is 0 Å². The number of nitrogens with zero attached hydrogens (tertiary/aromatic N) is 2. The molecule has 0 unspecified atom stereocenters. The molecule has 130 valence electrons. The summed E-state index contributed by atoms with van der Waals surface area (Å²) in [7, 11) is 1.55. The summed E-state index contributed by atoms with van der Waals surface area (Å²) in [6, 6.07) is 5.11. The Morgan fingerprint density at radius 1 is 1.25 bits per heavy atom. The van der Waals surface area contributed by atoms with Crippen molar-refractivity contribution in [3.8, 4) is 11.5 Å². The maximum absolute atomic E-state index is 10.8. The molecular formula is C17H22N2O4S. The summed E-state index contributed by atoms with van der Waals surface area (Å²) >= 11 is 1.53. The first kappa shape index (κ1) is 18.3. The number of thioether (sulfide) groups is 1. The molecule has 0 aliphatic heterocycles. The van der Waals surface area contributed by atoms with Crippen molar-refractivity contribution >= 4 is 18.0 Å². The molecule has 0 spiro atoms. The molecule has 0 aliphatic rings. The highest BCUT2D eigenvalue weighted by Gasteiger charge is 2.07. The van der Waals surface area contributed by atoms with Crippen LogP contribution < -0.4 is 9.47 Å². The average molecular weight is 350 g/mol. The predicted octanol–water partition coefficient (Wildman–Crippen LogP) is 3.79. The minimum atomic E-state index is 0.542. The number of carbonyl (C=O) groups excluding carboxylic acids is 1. The molecule has 2 rings (SSSR count). The summed E-state index contributed by atoms with van der Waals surface area (Å²) in [5.74, 6) is 2.72. The Morgan fingerprint density at radius 2 is 2.12 bits per heavy atom. The third kappa shape index (κ3) is 5.56. The van der Waals surface area contributed by atoms with E-state index in [2.05, 4.69) is 17.1 Å². The molecule has 0 N–H and O–H groups in total. The van der Waals surface area contributed by atoms with Gasteiger partial charge in [0, 0.05) is 17.7 Å². The lowest BCUT2D eigenvalue weighted by atomic mass is 10.2. The summed E-state index contributed by atoms with van der Waals surface area (Å²) < 4.78 is 16.5. The predicted molar refractivity (Wildman–Crippen MR) is 92.1 cm³/mol. The number of ether oxygens (including phenoxy) is 2. The molecule has 0 aliphatic carbocycles. The Labute approximate surface area is 145 Å². The number of benzene rings is 1. The molecule has 0 bridgehead atoms. The van der Waals surface area contributed by atoms with Gasteiger partial charge in [0.1, 0.15) is 6.29 Å². The van der Waals surface area contributed by atoms with Gasteiger partial charge in [-0.25, -0.2) is 0 Å². The molecule has 7 heteroatoms.